The average molecular weight is 203 g/mol. The van der Waals surface area contributed by atoms with Gasteiger partial charge in [-0.3, -0.25) is 0 Å². The Labute approximate surface area is 79.1 Å². The molecule has 1 aromatic heterocycles. The molecule has 0 atom stereocenters. The van der Waals surface area contributed by atoms with E-state index in [9.17, 15) is 4.79 Å². The number of ether oxygens (including phenoxy) is 1. The Bertz CT molecular complexity index is 354. The number of carboxylic acid groups (broad SMARTS) is 1. The molecule has 0 radical (unpaired) electrons. The number of nitrogen functional groups attached to an aromatic ring is 1. The van der Waals surface area contributed by atoms with Crippen molar-refractivity contribution in [1.29, 1.82) is 0 Å². The lowest BCUT2D eigenvalue weighted by atomic mass is 10.3. The summed E-state index contributed by atoms with van der Waals surface area (Å²) < 4.78 is 4.79. The van der Waals surface area contributed by atoms with Crippen LogP contribution < -0.4 is 10.5 Å². The van der Waals surface area contributed by atoms with Crippen LogP contribution in [-0.2, 0) is 0 Å². The van der Waals surface area contributed by atoms with Crippen molar-refractivity contribution in [3.05, 3.63) is 16.9 Å². The lowest BCUT2D eigenvalue weighted by Gasteiger charge is -2.05. The molecule has 5 nitrogen and oxygen atoms in total. The molecule has 1 aromatic rings. The largest absolute Gasteiger partial charge is 0.493 e. The van der Waals surface area contributed by atoms with E-state index in [0.717, 1.165) is 0 Å². The summed E-state index contributed by atoms with van der Waals surface area (Å²) in [6.07, 6.45) is 0. The quantitative estimate of drug-likeness (QED) is 0.700. The van der Waals surface area contributed by atoms with Gasteiger partial charge in [0.25, 0.3) is 0 Å². The summed E-state index contributed by atoms with van der Waals surface area (Å²) in [7, 11) is 1.39. The number of hydrogen-bond donors (Lipinski definition) is 2. The highest BCUT2D eigenvalue weighted by Gasteiger charge is 2.13. The van der Waals surface area contributed by atoms with E-state index >= 15 is 0 Å². The molecule has 1 rings (SSSR count). The van der Waals surface area contributed by atoms with Crippen LogP contribution in [0.5, 0.6) is 5.75 Å². The normalized spacial score (nSPS) is 9.69. The van der Waals surface area contributed by atoms with Gasteiger partial charge in [0, 0.05) is 6.07 Å². The van der Waals surface area contributed by atoms with E-state index < -0.39 is 5.97 Å². The molecule has 0 bridgehead atoms. The number of nitrogens with two attached hydrogens (primary N) is 1. The molecule has 0 aliphatic rings. The molecular formula is C7H7ClN2O3. The average Bonchev–Trinajstić information content (AvgIpc) is 2.07. The molecule has 0 spiro atoms. The molecule has 0 aromatic carbocycles. The maximum atomic E-state index is 10.5. The minimum Gasteiger partial charge on any atom is -0.493 e. The summed E-state index contributed by atoms with van der Waals surface area (Å²) in [5, 5.41) is 8.59. The zero-order valence-corrected chi connectivity index (χ0v) is 7.50. The van der Waals surface area contributed by atoms with Crippen molar-refractivity contribution in [2.24, 2.45) is 0 Å². The van der Waals surface area contributed by atoms with Gasteiger partial charge in [0.05, 0.1) is 12.8 Å². The van der Waals surface area contributed by atoms with Crippen LogP contribution in [0, 0.1) is 0 Å². The highest BCUT2D eigenvalue weighted by molar-refractivity contribution is 6.31. The Morgan fingerprint density at radius 2 is 2.38 bits per heavy atom. The number of nitrogens with zero attached hydrogens (tertiary/aromatic N) is 1. The third-order valence-electron chi connectivity index (χ3n) is 1.40. The van der Waals surface area contributed by atoms with E-state index in [4.69, 9.17) is 27.2 Å². The Kier molecular flexibility index (Phi) is 2.57. The molecule has 1 heterocycles. The predicted molar refractivity (Wildman–Crippen MR) is 47.2 cm³/mol. The van der Waals surface area contributed by atoms with Crippen molar-refractivity contribution in [3.63, 3.8) is 0 Å². The lowest BCUT2D eigenvalue weighted by molar-refractivity contribution is 0.0691. The molecule has 0 fully saturated rings. The van der Waals surface area contributed by atoms with E-state index in [0.29, 0.717) is 0 Å². The summed E-state index contributed by atoms with van der Waals surface area (Å²) in [6.45, 7) is 0. The third kappa shape index (κ3) is 1.81. The topological polar surface area (TPSA) is 85.4 Å². The zero-order valence-electron chi connectivity index (χ0n) is 6.74. The molecule has 0 aliphatic carbocycles. The first-order valence-corrected chi connectivity index (χ1v) is 3.67. The smallest absolute Gasteiger partial charge is 0.356 e. The summed E-state index contributed by atoms with van der Waals surface area (Å²) in [5.41, 5.74) is 5.13. The van der Waals surface area contributed by atoms with Gasteiger partial charge in [-0.1, -0.05) is 11.6 Å². The molecule has 70 valence electrons. The molecular weight excluding hydrogens is 196 g/mol. The van der Waals surface area contributed by atoms with Gasteiger partial charge in [-0.15, -0.1) is 0 Å². The zero-order chi connectivity index (χ0) is 10.0. The SMILES string of the molecule is COc1cc(N)c(C(=O)O)nc1Cl. The van der Waals surface area contributed by atoms with Crippen molar-refractivity contribution in [1.82, 2.24) is 4.98 Å². The number of carbonyl (C=O) groups is 1. The van der Waals surface area contributed by atoms with E-state index in [2.05, 4.69) is 4.98 Å². The molecule has 0 aliphatic heterocycles. The first kappa shape index (κ1) is 9.60. The second-order valence-corrected chi connectivity index (χ2v) is 2.58. The predicted octanol–water partition coefficient (Wildman–Crippen LogP) is 1.02. The minimum atomic E-state index is -1.22. The number of methoxy groups -OCH3 is 1. The number of carboxylic acids is 1. The van der Waals surface area contributed by atoms with Crippen molar-refractivity contribution >= 4 is 23.3 Å². The van der Waals surface area contributed by atoms with Gasteiger partial charge >= 0.3 is 5.97 Å². The number of hydrogen-bond acceptors (Lipinski definition) is 4. The monoisotopic (exact) mass is 202 g/mol. The first-order valence-electron chi connectivity index (χ1n) is 3.29. The summed E-state index contributed by atoms with van der Waals surface area (Å²) in [5.74, 6) is -0.966. The van der Waals surface area contributed by atoms with Crippen LogP contribution in [0.3, 0.4) is 0 Å². The van der Waals surface area contributed by atoms with Crippen molar-refractivity contribution < 1.29 is 14.6 Å². The van der Waals surface area contributed by atoms with Crippen LogP contribution in [0.2, 0.25) is 5.15 Å². The fourth-order valence-corrected chi connectivity index (χ4v) is 1.02. The fourth-order valence-electron chi connectivity index (χ4n) is 0.801. The van der Waals surface area contributed by atoms with E-state index in [1.54, 1.807) is 0 Å². The van der Waals surface area contributed by atoms with Crippen LogP contribution in [0.1, 0.15) is 10.5 Å². The van der Waals surface area contributed by atoms with Crippen LogP contribution in [0.4, 0.5) is 5.69 Å². The van der Waals surface area contributed by atoms with Gasteiger partial charge < -0.3 is 15.6 Å². The second-order valence-electron chi connectivity index (χ2n) is 2.22. The number of rotatable bonds is 2. The standard InChI is InChI=1S/C7H7ClN2O3/c1-13-4-2-3(9)5(7(11)12)10-6(4)8/h2H,9H2,1H3,(H,11,12). The lowest BCUT2D eigenvalue weighted by Crippen LogP contribution is -2.06. The maximum absolute atomic E-state index is 10.5. The van der Waals surface area contributed by atoms with Gasteiger partial charge in [0.2, 0.25) is 0 Å². The Balaban J connectivity index is 3.28. The van der Waals surface area contributed by atoms with Gasteiger partial charge in [-0.05, 0) is 0 Å². The van der Waals surface area contributed by atoms with Gasteiger partial charge in [-0.25, -0.2) is 9.78 Å². The highest BCUT2D eigenvalue weighted by atomic mass is 35.5. The van der Waals surface area contributed by atoms with Crippen LogP contribution in [0.15, 0.2) is 6.07 Å². The molecule has 0 saturated heterocycles. The Hall–Kier alpha value is -1.49. The molecule has 0 amide bonds. The fraction of sp³-hybridized carbons (Fsp3) is 0.143. The number of pyridine rings is 1. The number of anilines is 1. The Morgan fingerprint density at radius 3 is 2.85 bits per heavy atom. The highest BCUT2D eigenvalue weighted by Crippen LogP contribution is 2.25. The van der Waals surface area contributed by atoms with Crippen LogP contribution >= 0.6 is 11.6 Å². The van der Waals surface area contributed by atoms with Gasteiger partial charge in [-0.2, -0.15) is 0 Å². The van der Waals surface area contributed by atoms with Crippen molar-refractivity contribution in [2.75, 3.05) is 12.8 Å². The third-order valence-corrected chi connectivity index (χ3v) is 1.67. The summed E-state index contributed by atoms with van der Waals surface area (Å²) >= 11 is 5.59. The van der Waals surface area contributed by atoms with Crippen LogP contribution in [0.25, 0.3) is 0 Å². The van der Waals surface area contributed by atoms with Crippen molar-refractivity contribution in [2.45, 2.75) is 0 Å². The molecule has 3 N–H and O–H groups in total. The van der Waals surface area contributed by atoms with Crippen LogP contribution in [-0.4, -0.2) is 23.2 Å². The van der Waals surface area contributed by atoms with E-state index in [1.165, 1.54) is 13.2 Å². The first-order chi connectivity index (χ1) is 6.06. The minimum absolute atomic E-state index is 0.0194. The van der Waals surface area contributed by atoms with E-state index in [1.807, 2.05) is 0 Å². The maximum Gasteiger partial charge on any atom is 0.356 e. The van der Waals surface area contributed by atoms with E-state index in [-0.39, 0.29) is 22.3 Å². The molecule has 0 unspecified atom stereocenters. The van der Waals surface area contributed by atoms with Crippen molar-refractivity contribution in [3.8, 4) is 5.75 Å². The molecule has 0 saturated carbocycles. The molecule has 6 heteroatoms. The molecule has 13 heavy (non-hydrogen) atoms. The number of aromatic carboxylic acids is 1. The number of aromatic nitrogens is 1. The van der Waals surface area contributed by atoms with Gasteiger partial charge in [0.1, 0.15) is 0 Å². The second kappa shape index (κ2) is 3.49. The summed E-state index contributed by atoms with van der Waals surface area (Å²) in [6, 6.07) is 1.32. The summed E-state index contributed by atoms with van der Waals surface area (Å²) in [4.78, 5) is 14.1. The van der Waals surface area contributed by atoms with Gasteiger partial charge in [0.15, 0.2) is 16.6 Å². The Morgan fingerprint density at radius 1 is 1.77 bits per heavy atom. The number of halogens is 1.